The van der Waals surface area contributed by atoms with E-state index < -0.39 is 0 Å². The molecule has 0 aliphatic heterocycles. The van der Waals surface area contributed by atoms with E-state index in [2.05, 4.69) is 15.5 Å². The molecule has 0 saturated heterocycles. The molecule has 0 amide bonds. The molecule has 2 rings (SSSR count). The molecule has 2 heterocycles. The monoisotopic (exact) mass is 227 g/mol. The average Bonchev–Trinajstić information content (AvgIpc) is 2.74. The predicted octanol–water partition coefficient (Wildman–Crippen LogP) is 3.22. The first-order valence-electron chi connectivity index (χ1n) is 4.34. The third-order valence-electron chi connectivity index (χ3n) is 1.77. The first-order valence-corrected chi connectivity index (χ1v) is 5.54. The second kappa shape index (κ2) is 4.02. The number of nitrogens with zero attached hydrogens (tertiary/aromatic N) is 1. The summed E-state index contributed by atoms with van der Waals surface area (Å²) in [5, 5.41) is 10.2. The fraction of sp³-hybridized carbons (Fsp3) is 0.222. The predicted molar refractivity (Wildman–Crippen MR) is 61.1 cm³/mol. The van der Waals surface area contributed by atoms with Gasteiger partial charge in [-0.25, -0.2) is 0 Å². The number of halogens is 1. The highest BCUT2D eigenvalue weighted by atomic mass is 35.5. The highest BCUT2D eigenvalue weighted by molar-refractivity contribution is 7.19. The van der Waals surface area contributed by atoms with Crippen LogP contribution in [0.4, 0.5) is 5.82 Å². The van der Waals surface area contributed by atoms with E-state index in [0.717, 1.165) is 27.3 Å². The maximum Gasteiger partial charge on any atom is 0.148 e. The van der Waals surface area contributed by atoms with Crippen LogP contribution < -0.4 is 5.32 Å². The average molecular weight is 228 g/mol. The minimum Gasteiger partial charge on any atom is -0.369 e. The standard InChI is InChI=1S/C9H10ClN3S/c1-2-11-9-5-6(12-13-9)7-3-4-8(10)14-7/h3-5H,2H2,1H3,(H2,11,12,13). The molecular formula is C9H10ClN3S. The number of rotatable bonds is 3. The van der Waals surface area contributed by atoms with E-state index in [1.807, 2.05) is 25.1 Å². The Morgan fingerprint density at radius 1 is 1.57 bits per heavy atom. The largest absolute Gasteiger partial charge is 0.369 e. The molecule has 0 radical (unpaired) electrons. The number of aromatic nitrogens is 2. The van der Waals surface area contributed by atoms with Crippen LogP contribution in [0.25, 0.3) is 10.6 Å². The molecule has 0 aliphatic carbocycles. The minimum absolute atomic E-state index is 0.791. The Labute approximate surface area is 91.1 Å². The van der Waals surface area contributed by atoms with Crippen molar-refractivity contribution in [2.24, 2.45) is 0 Å². The summed E-state index contributed by atoms with van der Waals surface area (Å²) in [6, 6.07) is 5.84. The third kappa shape index (κ3) is 1.91. The summed E-state index contributed by atoms with van der Waals surface area (Å²) in [6.45, 7) is 2.91. The van der Waals surface area contributed by atoms with Gasteiger partial charge in [0.25, 0.3) is 0 Å². The Bertz CT molecular complexity index is 421. The Morgan fingerprint density at radius 2 is 2.43 bits per heavy atom. The Kier molecular flexibility index (Phi) is 2.74. The van der Waals surface area contributed by atoms with Crippen LogP contribution in [0.5, 0.6) is 0 Å². The van der Waals surface area contributed by atoms with Gasteiger partial charge in [0, 0.05) is 12.6 Å². The highest BCUT2D eigenvalue weighted by Crippen LogP contribution is 2.30. The van der Waals surface area contributed by atoms with Crippen LogP contribution in [0, 0.1) is 0 Å². The second-order valence-corrected chi connectivity index (χ2v) is 4.52. The van der Waals surface area contributed by atoms with Gasteiger partial charge >= 0.3 is 0 Å². The van der Waals surface area contributed by atoms with Crippen LogP contribution in [0.2, 0.25) is 4.34 Å². The molecule has 5 heteroatoms. The lowest BCUT2D eigenvalue weighted by molar-refractivity contribution is 1.07. The molecule has 0 saturated carbocycles. The third-order valence-corrected chi connectivity index (χ3v) is 3.04. The van der Waals surface area contributed by atoms with Gasteiger partial charge in [0.05, 0.1) is 14.9 Å². The SMILES string of the molecule is CCNc1cc(-c2ccc(Cl)s2)[nH]n1. The zero-order valence-corrected chi connectivity index (χ0v) is 9.25. The van der Waals surface area contributed by atoms with Crippen molar-refractivity contribution in [2.45, 2.75) is 6.92 Å². The van der Waals surface area contributed by atoms with Crippen LogP contribution in [0.3, 0.4) is 0 Å². The minimum atomic E-state index is 0.791. The number of anilines is 1. The van der Waals surface area contributed by atoms with E-state index in [-0.39, 0.29) is 0 Å². The van der Waals surface area contributed by atoms with Crippen molar-refractivity contribution in [3.05, 3.63) is 22.5 Å². The summed E-state index contributed by atoms with van der Waals surface area (Å²) in [5.74, 6) is 0.868. The molecule has 0 aromatic carbocycles. The summed E-state index contributed by atoms with van der Waals surface area (Å²) in [7, 11) is 0. The van der Waals surface area contributed by atoms with Gasteiger partial charge in [-0.2, -0.15) is 5.10 Å². The summed E-state index contributed by atoms with van der Waals surface area (Å²) < 4.78 is 0.791. The zero-order chi connectivity index (χ0) is 9.97. The van der Waals surface area contributed by atoms with Crippen molar-refractivity contribution in [3.8, 4) is 10.6 Å². The second-order valence-electron chi connectivity index (χ2n) is 2.80. The summed E-state index contributed by atoms with van der Waals surface area (Å²) in [6.07, 6.45) is 0. The van der Waals surface area contributed by atoms with Crippen molar-refractivity contribution in [1.82, 2.24) is 10.2 Å². The van der Waals surface area contributed by atoms with Crippen LogP contribution in [-0.4, -0.2) is 16.7 Å². The molecule has 2 N–H and O–H groups in total. The lowest BCUT2D eigenvalue weighted by atomic mass is 10.3. The van der Waals surface area contributed by atoms with Crippen molar-refractivity contribution < 1.29 is 0 Å². The number of thiophene rings is 1. The molecule has 0 atom stereocenters. The first kappa shape index (κ1) is 9.55. The quantitative estimate of drug-likeness (QED) is 0.845. The zero-order valence-electron chi connectivity index (χ0n) is 7.67. The molecule has 0 spiro atoms. The van der Waals surface area contributed by atoms with Crippen LogP contribution in [-0.2, 0) is 0 Å². The molecular weight excluding hydrogens is 218 g/mol. The van der Waals surface area contributed by atoms with Crippen LogP contribution in [0.1, 0.15) is 6.92 Å². The fourth-order valence-corrected chi connectivity index (χ4v) is 2.19. The van der Waals surface area contributed by atoms with Gasteiger partial charge < -0.3 is 5.32 Å². The molecule has 3 nitrogen and oxygen atoms in total. The molecule has 0 aliphatic rings. The smallest absolute Gasteiger partial charge is 0.148 e. The molecule has 14 heavy (non-hydrogen) atoms. The van der Waals surface area contributed by atoms with Gasteiger partial charge in [0.2, 0.25) is 0 Å². The van der Waals surface area contributed by atoms with Crippen molar-refractivity contribution >= 4 is 28.8 Å². The molecule has 74 valence electrons. The van der Waals surface area contributed by atoms with Gasteiger partial charge in [-0.1, -0.05) is 11.6 Å². The van der Waals surface area contributed by atoms with E-state index in [4.69, 9.17) is 11.6 Å². The van der Waals surface area contributed by atoms with Gasteiger partial charge in [0.15, 0.2) is 0 Å². The normalized spacial score (nSPS) is 10.4. The fourth-order valence-electron chi connectivity index (χ4n) is 1.18. The Morgan fingerprint density at radius 3 is 3.07 bits per heavy atom. The molecule has 0 fully saturated rings. The summed E-state index contributed by atoms with van der Waals surface area (Å²) >= 11 is 7.39. The number of hydrogen-bond donors (Lipinski definition) is 2. The summed E-state index contributed by atoms with van der Waals surface area (Å²) in [5.41, 5.74) is 0.998. The Balaban J connectivity index is 2.24. The van der Waals surface area contributed by atoms with Crippen LogP contribution in [0.15, 0.2) is 18.2 Å². The Hall–Kier alpha value is -1.00. The lowest BCUT2D eigenvalue weighted by Gasteiger charge is -1.92. The number of hydrogen-bond acceptors (Lipinski definition) is 3. The van der Waals surface area contributed by atoms with Gasteiger partial charge in [-0.05, 0) is 19.1 Å². The van der Waals surface area contributed by atoms with E-state index in [1.165, 1.54) is 11.3 Å². The molecule has 0 bridgehead atoms. The van der Waals surface area contributed by atoms with Gasteiger partial charge in [-0.3, -0.25) is 5.10 Å². The molecule has 0 unspecified atom stereocenters. The van der Waals surface area contributed by atoms with E-state index in [9.17, 15) is 0 Å². The maximum absolute atomic E-state index is 5.85. The number of nitrogens with one attached hydrogen (secondary N) is 2. The van der Waals surface area contributed by atoms with E-state index >= 15 is 0 Å². The van der Waals surface area contributed by atoms with Gasteiger partial charge in [0.1, 0.15) is 5.82 Å². The topological polar surface area (TPSA) is 40.7 Å². The number of H-pyrrole nitrogens is 1. The molecule has 2 aromatic rings. The summed E-state index contributed by atoms with van der Waals surface area (Å²) in [4.78, 5) is 1.10. The lowest BCUT2D eigenvalue weighted by Crippen LogP contribution is -1.95. The van der Waals surface area contributed by atoms with Crippen molar-refractivity contribution in [2.75, 3.05) is 11.9 Å². The van der Waals surface area contributed by atoms with Crippen LogP contribution >= 0.6 is 22.9 Å². The van der Waals surface area contributed by atoms with E-state index in [1.54, 1.807) is 0 Å². The van der Waals surface area contributed by atoms with Crippen molar-refractivity contribution in [3.63, 3.8) is 0 Å². The first-order chi connectivity index (χ1) is 6.79. The highest BCUT2D eigenvalue weighted by Gasteiger charge is 2.04. The van der Waals surface area contributed by atoms with E-state index in [0.29, 0.717) is 0 Å². The van der Waals surface area contributed by atoms with Gasteiger partial charge in [-0.15, -0.1) is 11.3 Å². The van der Waals surface area contributed by atoms with Crippen molar-refractivity contribution in [1.29, 1.82) is 0 Å². The maximum atomic E-state index is 5.85. The number of aromatic amines is 1. The molecule has 2 aromatic heterocycles.